The Balaban J connectivity index is 1.57. The van der Waals surface area contributed by atoms with Crippen LogP contribution < -0.4 is 0 Å². The summed E-state index contributed by atoms with van der Waals surface area (Å²) < 4.78 is 0. The predicted octanol–water partition coefficient (Wildman–Crippen LogP) is 7.36. The second kappa shape index (κ2) is 11.3. The zero-order valence-corrected chi connectivity index (χ0v) is 15.6. The van der Waals surface area contributed by atoms with Gasteiger partial charge in [0.05, 0.1) is 11.6 Å². The molecule has 0 unspecified atom stereocenters. The minimum atomic E-state index is 0.688. The Kier molecular flexibility index (Phi) is 8.96. The van der Waals surface area contributed by atoms with E-state index in [1.165, 1.54) is 89.0 Å². The molecule has 0 atom stereocenters. The van der Waals surface area contributed by atoms with Crippen LogP contribution in [0.5, 0.6) is 0 Å². The number of rotatable bonds is 10. The number of benzene rings is 1. The maximum Gasteiger partial charge on any atom is 0.0991 e. The third-order valence-corrected chi connectivity index (χ3v) is 5.80. The lowest BCUT2D eigenvalue weighted by Crippen LogP contribution is -2.13. The van der Waals surface area contributed by atoms with E-state index in [-0.39, 0.29) is 0 Å². The van der Waals surface area contributed by atoms with E-state index in [9.17, 15) is 0 Å². The van der Waals surface area contributed by atoms with Gasteiger partial charge in [-0.25, -0.2) is 0 Å². The summed E-state index contributed by atoms with van der Waals surface area (Å²) >= 11 is 0. The fourth-order valence-corrected chi connectivity index (χ4v) is 4.21. The largest absolute Gasteiger partial charge is 0.192 e. The smallest absolute Gasteiger partial charge is 0.0991 e. The fourth-order valence-electron chi connectivity index (χ4n) is 4.21. The van der Waals surface area contributed by atoms with Crippen molar-refractivity contribution in [2.45, 2.75) is 96.3 Å². The van der Waals surface area contributed by atoms with Crippen LogP contribution in [0.4, 0.5) is 0 Å². The summed E-state index contributed by atoms with van der Waals surface area (Å²) in [5.74, 6) is 1.65. The maximum atomic E-state index is 9.05. The molecule has 0 aromatic heterocycles. The zero-order chi connectivity index (χ0) is 17.0. The van der Waals surface area contributed by atoms with E-state index in [2.05, 4.69) is 25.1 Å². The van der Waals surface area contributed by atoms with E-state index < -0.39 is 0 Å². The van der Waals surface area contributed by atoms with Crippen LogP contribution in [0, 0.1) is 17.2 Å². The lowest BCUT2D eigenvalue weighted by atomic mass is 9.77. The molecule has 1 nitrogen and oxygen atoms in total. The Bertz CT molecular complexity index is 491. The minimum Gasteiger partial charge on any atom is -0.192 e. The molecule has 0 N–H and O–H groups in total. The van der Waals surface area contributed by atoms with Crippen LogP contribution in [0.2, 0.25) is 0 Å². The van der Waals surface area contributed by atoms with Crippen molar-refractivity contribution in [2.75, 3.05) is 0 Å². The second-order valence-electron chi connectivity index (χ2n) is 7.72. The van der Waals surface area contributed by atoms with Gasteiger partial charge in [-0.2, -0.15) is 5.26 Å². The van der Waals surface area contributed by atoms with Gasteiger partial charge in [0, 0.05) is 0 Å². The van der Waals surface area contributed by atoms with Gasteiger partial charge < -0.3 is 0 Å². The molecule has 132 valence electrons. The number of hydrogen-bond acceptors (Lipinski definition) is 1. The monoisotopic (exact) mass is 325 g/mol. The molecule has 0 radical (unpaired) electrons. The van der Waals surface area contributed by atoms with Crippen molar-refractivity contribution in [3.05, 3.63) is 35.4 Å². The van der Waals surface area contributed by atoms with Crippen LogP contribution in [-0.4, -0.2) is 0 Å². The third-order valence-electron chi connectivity index (χ3n) is 5.80. The second-order valence-corrected chi connectivity index (χ2v) is 7.72. The van der Waals surface area contributed by atoms with Gasteiger partial charge in [-0.3, -0.25) is 0 Å². The molecule has 1 saturated carbocycles. The number of nitrogens with zero attached hydrogens (tertiary/aromatic N) is 1. The molecule has 1 aliphatic rings. The third kappa shape index (κ3) is 6.68. The summed E-state index contributed by atoms with van der Waals surface area (Å²) in [6.45, 7) is 2.29. The van der Waals surface area contributed by atoms with E-state index >= 15 is 0 Å². The number of hydrogen-bond donors (Lipinski definition) is 0. The van der Waals surface area contributed by atoms with Gasteiger partial charge in [-0.15, -0.1) is 0 Å². The molecule has 0 aliphatic heterocycles. The summed E-state index contributed by atoms with van der Waals surface area (Å²) in [5, 5.41) is 9.05. The van der Waals surface area contributed by atoms with Crippen molar-refractivity contribution in [1.82, 2.24) is 0 Å². The van der Waals surface area contributed by atoms with Crippen LogP contribution in [0.3, 0.4) is 0 Å². The van der Waals surface area contributed by atoms with Crippen LogP contribution in [0.1, 0.15) is 107 Å². The summed E-state index contributed by atoms with van der Waals surface area (Å²) in [6, 6.07) is 10.5. The Hall–Kier alpha value is -1.29. The normalized spacial score (nSPS) is 20.7. The van der Waals surface area contributed by atoms with Gasteiger partial charge in [0.1, 0.15) is 0 Å². The summed E-state index contributed by atoms with van der Waals surface area (Å²) in [4.78, 5) is 0. The predicted molar refractivity (Wildman–Crippen MR) is 103 cm³/mol. The molecule has 1 aliphatic carbocycles. The van der Waals surface area contributed by atoms with Crippen molar-refractivity contribution in [2.24, 2.45) is 5.92 Å². The van der Waals surface area contributed by atoms with Crippen molar-refractivity contribution < 1.29 is 0 Å². The van der Waals surface area contributed by atoms with E-state index in [4.69, 9.17) is 5.26 Å². The van der Waals surface area contributed by atoms with Gasteiger partial charge >= 0.3 is 0 Å². The highest BCUT2D eigenvalue weighted by Crippen LogP contribution is 2.37. The first kappa shape index (κ1) is 19.0. The van der Waals surface area contributed by atoms with Gasteiger partial charge in [-0.1, -0.05) is 76.8 Å². The molecule has 0 spiro atoms. The van der Waals surface area contributed by atoms with E-state index in [1.54, 1.807) is 0 Å². The summed E-state index contributed by atoms with van der Waals surface area (Å²) in [6.07, 6.45) is 18.3. The van der Waals surface area contributed by atoms with Gasteiger partial charge in [-0.05, 0) is 55.2 Å². The van der Waals surface area contributed by atoms with Crippen LogP contribution in [0.25, 0.3) is 0 Å². The molecule has 0 heterocycles. The highest BCUT2D eigenvalue weighted by molar-refractivity contribution is 5.34. The van der Waals surface area contributed by atoms with Crippen LogP contribution in [0.15, 0.2) is 24.3 Å². The molecule has 1 fully saturated rings. The Morgan fingerprint density at radius 2 is 1.58 bits per heavy atom. The highest BCUT2D eigenvalue weighted by atomic mass is 14.3. The SMILES string of the molecule is CCCCCCCCCCC1CCC(c2cccc(C#N)c2)CC1. The van der Waals surface area contributed by atoms with E-state index in [0.29, 0.717) is 5.92 Å². The Morgan fingerprint density at radius 1 is 0.917 bits per heavy atom. The maximum absolute atomic E-state index is 9.05. The Labute approximate surface area is 149 Å². The molecular formula is C23H35N. The van der Waals surface area contributed by atoms with Crippen molar-refractivity contribution in [3.63, 3.8) is 0 Å². The topological polar surface area (TPSA) is 23.8 Å². The van der Waals surface area contributed by atoms with Gasteiger partial charge in [0.25, 0.3) is 0 Å². The molecule has 1 heteroatoms. The molecule has 24 heavy (non-hydrogen) atoms. The zero-order valence-electron chi connectivity index (χ0n) is 15.6. The molecule has 1 aromatic carbocycles. The summed E-state index contributed by atoms with van der Waals surface area (Å²) in [7, 11) is 0. The average Bonchev–Trinajstić information content (AvgIpc) is 2.64. The first-order valence-corrected chi connectivity index (χ1v) is 10.3. The first-order chi connectivity index (χ1) is 11.8. The molecule has 2 rings (SSSR count). The quantitative estimate of drug-likeness (QED) is 0.412. The van der Waals surface area contributed by atoms with Gasteiger partial charge in [0.15, 0.2) is 0 Å². The van der Waals surface area contributed by atoms with Crippen molar-refractivity contribution in [1.29, 1.82) is 5.26 Å². The van der Waals surface area contributed by atoms with Crippen LogP contribution >= 0.6 is 0 Å². The standard InChI is InChI=1S/C23H35N/c1-2-3-4-5-6-7-8-9-11-20-14-16-22(17-15-20)23-13-10-12-21(18-23)19-24/h10,12-13,18,20,22H,2-9,11,14-17H2,1H3. The van der Waals surface area contributed by atoms with Crippen LogP contribution in [-0.2, 0) is 0 Å². The molecule has 0 bridgehead atoms. The van der Waals surface area contributed by atoms with Gasteiger partial charge in [0.2, 0.25) is 0 Å². The van der Waals surface area contributed by atoms with Crippen molar-refractivity contribution >= 4 is 0 Å². The Morgan fingerprint density at radius 3 is 2.25 bits per heavy atom. The molecule has 0 amide bonds. The molecular weight excluding hydrogens is 290 g/mol. The lowest BCUT2D eigenvalue weighted by Gasteiger charge is -2.29. The lowest BCUT2D eigenvalue weighted by molar-refractivity contribution is 0.301. The fraction of sp³-hybridized carbons (Fsp3) is 0.696. The summed E-state index contributed by atoms with van der Waals surface area (Å²) in [5.41, 5.74) is 2.20. The molecule has 1 aromatic rings. The first-order valence-electron chi connectivity index (χ1n) is 10.3. The highest BCUT2D eigenvalue weighted by Gasteiger charge is 2.22. The van der Waals surface area contributed by atoms with E-state index in [1.807, 2.05) is 12.1 Å². The van der Waals surface area contributed by atoms with E-state index in [0.717, 1.165) is 11.5 Å². The average molecular weight is 326 g/mol. The minimum absolute atomic E-state index is 0.688. The number of nitriles is 1. The van der Waals surface area contributed by atoms with Crippen molar-refractivity contribution in [3.8, 4) is 6.07 Å². The molecule has 0 saturated heterocycles. The number of unbranched alkanes of at least 4 members (excludes halogenated alkanes) is 7.